The van der Waals surface area contributed by atoms with E-state index >= 15 is 0 Å². The Bertz CT molecular complexity index is 1180. The third kappa shape index (κ3) is 5.80. The molecule has 33 heavy (non-hydrogen) atoms. The number of benzene rings is 4. The summed E-state index contributed by atoms with van der Waals surface area (Å²) < 4.78 is 5.91. The van der Waals surface area contributed by atoms with Gasteiger partial charge in [0, 0.05) is 24.3 Å². The maximum absolute atomic E-state index is 10.9. The summed E-state index contributed by atoms with van der Waals surface area (Å²) in [4.78, 5) is 21.1. The molecule has 0 N–H and O–H groups in total. The molecule has 7 nitrogen and oxygen atoms in total. The molecule has 0 unspecified atom stereocenters. The molecule has 0 saturated heterocycles. The summed E-state index contributed by atoms with van der Waals surface area (Å²) in [5.74, 6) is 1.37. The lowest BCUT2D eigenvalue weighted by Crippen LogP contribution is -1.93. The Morgan fingerprint density at radius 2 is 0.939 bits per heavy atom. The van der Waals surface area contributed by atoms with E-state index in [1.54, 1.807) is 24.3 Å². The van der Waals surface area contributed by atoms with Crippen LogP contribution in [0.2, 0.25) is 0 Å². The van der Waals surface area contributed by atoms with E-state index in [9.17, 15) is 20.2 Å². The van der Waals surface area contributed by atoms with E-state index in [0.29, 0.717) is 24.3 Å². The fourth-order valence-electron chi connectivity index (χ4n) is 3.52. The number of nitro benzene ring substituents is 2. The predicted octanol–water partition coefficient (Wildman–Crippen LogP) is 6.48. The first kappa shape index (κ1) is 21.7. The van der Waals surface area contributed by atoms with Gasteiger partial charge in [0.05, 0.1) is 9.85 Å². The molecule has 0 atom stereocenters. The lowest BCUT2D eigenvalue weighted by molar-refractivity contribution is -0.385. The molecule has 0 aromatic heterocycles. The van der Waals surface area contributed by atoms with E-state index in [-0.39, 0.29) is 11.4 Å². The van der Waals surface area contributed by atoms with Crippen LogP contribution in [-0.4, -0.2) is 9.85 Å². The molecule has 0 amide bonds. The fourth-order valence-corrected chi connectivity index (χ4v) is 3.52. The van der Waals surface area contributed by atoms with Crippen molar-refractivity contribution in [3.8, 4) is 11.5 Å². The quantitative estimate of drug-likeness (QED) is 0.231. The summed E-state index contributed by atoms with van der Waals surface area (Å²) in [6.45, 7) is 0. The van der Waals surface area contributed by atoms with Gasteiger partial charge in [-0.2, -0.15) is 0 Å². The number of non-ortho nitro benzene ring substituents is 2. The smallest absolute Gasteiger partial charge is 0.269 e. The minimum atomic E-state index is -0.393. The van der Waals surface area contributed by atoms with Crippen molar-refractivity contribution in [1.82, 2.24) is 0 Å². The normalized spacial score (nSPS) is 10.5. The monoisotopic (exact) mass is 440 g/mol. The van der Waals surface area contributed by atoms with Gasteiger partial charge in [0.15, 0.2) is 0 Å². The van der Waals surface area contributed by atoms with Crippen LogP contribution in [0, 0.1) is 20.2 Å². The molecule has 4 rings (SSSR count). The minimum Gasteiger partial charge on any atom is -0.457 e. The van der Waals surface area contributed by atoms with Gasteiger partial charge >= 0.3 is 0 Å². The fraction of sp³-hybridized carbons (Fsp3) is 0.0769. The van der Waals surface area contributed by atoms with Crippen LogP contribution >= 0.6 is 0 Å². The van der Waals surface area contributed by atoms with Gasteiger partial charge in [-0.25, -0.2) is 0 Å². The van der Waals surface area contributed by atoms with Crippen LogP contribution in [0.1, 0.15) is 22.3 Å². The molecule has 4 aromatic rings. The lowest BCUT2D eigenvalue weighted by Gasteiger charge is -2.08. The van der Waals surface area contributed by atoms with Crippen LogP contribution in [0.3, 0.4) is 0 Å². The molecule has 0 bridgehead atoms. The minimum absolute atomic E-state index is 0.0846. The second-order valence-corrected chi connectivity index (χ2v) is 7.60. The standard InChI is InChI=1S/C26H20N2O5/c29-27(30)23-5-1-3-21(17-23)15-19-7-11-25(12-8-19)33-26-13-9-20(10-14-26)16-22-4-2-6-24(18-22)28(31)32/h1-14,17-18H,15-16H2. The Morgan fingerprint density at radius 3 is 1.30 bits per heavy atom. The summed E-state index contributed by atoms with van der Waals surface area (Å²) in [6.07, 6.45) is 1.18. The molecule has 0 fully saturated rings. The van der Waals surface area contributed by atoms with Gasteiger partial charge in [0.25, 0.3) is 11.4 Å². The summed E-state index contributed by atoms with van der Waals surface area (Å²) >= 11 is 0. The number of nitrogens with zero attached hydrogens (tertiary/aromatic N) is 2. The largest absolute Gasteiger partial charge is 0.457 e. The van der Waals surface area contributed by atoms with Crippen molar-refractivity contribution >= 4 is 11.4 Å². The van der Waals surface area contributed by atoms with Gasteiger partial charge in [-0.1, -0.05) is 48.5 Å². The van der Waals surface area contributed by atoms with E-state index in [1.807, 2.05) is 60.7 Å². The average molecular weight is 440 g/mol. The highest BCUT2D eigenvalue weighted by molar-refractivity contribution is 5.41. The second-order valence-electron chi connectivity index (χ2n) is 7.60. The van der Waals surface area contributed by atoms with Crippen molar-refractivity contribution in [1.29, 1.82) is 0 Å². The maximum atomic E-state index is 10.9. The topological polar surface area (TPSA) is 95.5 Å². The van der Waals surface area contributed by atoms with Gasteiger partial charge in [-0.05, 0) is 59.4 Å². The first-order valence-electron chi connectivity index (χ1n) is 10.3. The van der Waals surface area contributed by atoms with E-state index < -0.39 is 9.85 Å². The zero-order valence-corrected chi connectivity index (χ0v) is 17.6. The van der Waals surface area contributed by atoms with Crippen molar-refractivity contribution in [3.05, 3.63) is 140 Å². The van der Waals surface area contributed by atoms with Crippen LogP contribution in [0.4, 0.5) is 11.4 Å². The highest BCUT2D eigenvalue weighted by Crippen LogP contribution is 2.25. The van der Waals surface area contributed by atoms with Gasteiger partial charge in [-0.15, -0.1) is 0 Å². The van der Waals surface area contributed by atoms with Crippen molar-refractivity contribution in [2.45, 2.75) is 12.8 Å². The first-order chi connectivity index (χ1) is 16.0. The first-order valence-corrected chi connectivity index (χ1v) is 10.3. The van der Waals surface area contributed by atoms with Crippen LogP contribution < -0.4 is 4.74 Å². The molecule has 164 valence electrons. The van der Waals surface area contributed by atoms with Gasteiger partial charge < -0.3 is 4.74 Å². The van der Waals surface area contributed by atoms with Crippen molar-refractivity contribution in [3.63, 3.8) is 0 Å². The third-order valence-electron chi connectivity index (χ3n) is 5.14. The molecule has 0 spiro atoms. The van der Waals surface area contributed by atoms with Crippen molar-refractivity contribution in [2.24, 2.45) is 0 Å². The Hall–Kier alpha value is -4.52. The van der Waals surface area contributed by atoms with E-state index in [0.717, 1.165) is 22.3 Å². The number of ether oxygens (including phenoxy) is 1. The van der Waals surface area contributed by atoms with Crippen LogP contribution in [-0.2, 0) is 12.8 Å². The Morgan fingerprint density at radius 1 is 0.545 bits per heavy atom. The zero-order chi connectivity index (χ0) is 23.2. The van der Waals surface area contributed by atoms with E-state index in [1.165, 1.54) is 12.1 Å². The lowest BCUT2D eigenvalue weighted by atomic mass is 10.0. The second kappa shape index (κ2) is 9.74. The Labute approximate surface area is 190 Å². The highest BCUT2D eigenvalue weighted by Gasteiger charge is 2.08. The molecule has 0 aliphatic carbocycles. The number of hydrogen-bond acceptors (Lipinski definition) is 5. The SMILES string of the molecule is O=[N+]([O-])c1cccc(Cc2ccc(Oc3ccc(Cc4cccc([N+](=O)[O-])c4)cc3)cc2)c1. The average Bonchev–Trinajstić information content (AvgIpc) is 2.82. The number of rotatable bonds is 8. The highest BCUT2D eigenvalue weighted by atomic mass is 16.6. The molecule has 4 aromatic carbocycles. The molecule has 0 aliphatic rings. The zero-order valence-electron chi connectivity index (χ0n) is 17.6. The Balaban J connectivity index is 1.37. The van der Waals surface area contributed by atoms with Crippen molar-refractivity contribution in [2.75, 3.05) is 0 Å². The predicted molar refractivity (Wildman–Crippen MR) is 125 cm³/mol. The molecule has 0 saturated carbocycles. The maximum Gasteiger partial charge on any atom is 0.269 e. The number of hydrogen-bond donors (Lipinski definition) is 0. The molecular weight excluding hydrogens is 420 g/mol. The molecule has 0 aliphatic heterocycles. The van der Waals surface area contributed by atoms with Gasteiger partial charge in [0.1, 0.15) is 11.5 Å². The van der Waals surface area contributed by atoms with Gasteiger partial charge in [-0.3, -0.25) is 20.2 Å². The summed E-state index contributed by atoms with van der Waals surface area (Å²) in [7, 11) is 0. The summed E-state index contributed by atoms with van der Waals surface area (Å²) in [5.41, 5.74) is 3.96. The van der Waals surface area contributed by atoms with E-state index in [4.69, 9.17) is 4.74 Å². The van der Waals surface area contributed by atoms with Crippen LogP contribution in [0.15, 0.2) is 97.1 Å². The van der Waals surface area contributed by atoms with Crippen LogP contribution in [0.5, 0.6) is 11.5 Å². The number of nitro groups is 2. The summed E-state index contributed by atoms with van der Waals surface area (Å²) in [5, 5.41) is 21.9. The van der Waals surface area contributed by atoms with Crippen LogP contribution in [0.25, 0.3) is 0 Å². The van der Waals surface area contributed by atoms with Gasteiger partial charge in [0.2, 0.25) is 0 Å². The molecule has 7 heteroatoms. The molecule has 0 radical (unpaired) electrons. The van der Waals surface area contributed by atoms with Crippen molar-refractivity contribution < 1.29 is 14.6 Å². The molecule has 0 heterocycles. The summed E-state index contributed by atoms with van der Waals surface area (Å²) in [6, 6.07) is 28.4. The molecular formula is C26H20N2O5. The third-order valence-corrected chi connectivity index (χ3v) is 5.14. The Kier molecular flexibility index (Phi) is 6.40. The van der Waals surface area contributed by atoms with E-state index in [2.05, 4.69) is 0 Å².